The number of aromatic nitrogens is 2. The first-order valence-corrected chi connectivity index (χ1v) is 7.54. The number of nitrogens with two attached hydrogens (primary N) is 1. The van der Waals surface area contributed by atoms with Gasteiger partial charge in [-0.1, -0.05) is 6.92 Å². The van der Waals surface area contributed by atoms with Gasteiger partial charge in [-0.15, -0.1) is 11.3 Å². The Balaban J connectivity index is 2.09. The molecule has 1 atom stereocenters. The molecule has 19 heavy (non-hydrogen) atoms. The number of rotatable bonds is 6. The van der Waals surface area contributed by atoms with E-state index in [-0.39, 0.29) is 6.04 Å². The van der Waals surface area contributed by atoms with Gasteiger partial charge in [-0.25, -0.2) is 0 Å². The molecule has 2 aromatic rings. The average molecular weight is 278 g/mol. The van der Waals surface area contributed by atoms with Crippen molar-refractivity contribution < 1.29 is 0 Å². The Kier molecular flexibility index (Phi) is 4.74. The van der Waals surface area contributed by atoms with Gasteiger partial charge >= 0.3 is 0 Å². The largest absolute Gasteiger partial charge is 0.271 e. The van der Waals surface area contributed by atoms with Crippen LogP contribution in [0.25, 0.3) is 0 Å². The standard InChI is InChI=1S/C14H22N4S/c1-4-12-5-6-14(19-12)13(16-15)9-11-7-8-18(17-11)10(2)3/h5-8,10,13,16H,4,9,15H2,1-3H3. The van der Waals surface area contributed by atoms with Gasteiger partial charge in [-0.2, -0.15) is 5.10 Å². The molecule has 4 nitrogen and oxygen atoms in total. The van der Waals surface area contributed by atoms with E-state index in [0.717, 1.165) is 18.5 Å². The molecular weight excluding hydrogens is 256 g/mol. The van der Waals surface area contributed by atoms with Gasteiger partial charge in [0.2, 0.25) is 0 Å². The highest BCUT2D eigenvalue weighted by Crippen LogP contribution is 2.25. The number of hydrogen-bond acceptors (Lipinski definition) is 4. The van der Waals surface area contributed by atoms with Crippen LogP contribution in [0.15, 0.2) is 24.4 Å². The van der Waals surface area contributed by atoms with Crippen LogP contribution >= 0.6 is 11.3 Å². The Morgan fingerprint density at radius 1 is 1.37 bits per heavy atom. The van der Waals surface area contributed by atoms with Crippen molar-refractivity contribution in [2.75, 3.05) is 0 Å². The summed E-state index contributed by atoms with van der Waals surface area (Å²) in [5, 5.41) is 4.58. The smallest absolute Gasteiger partial charge is 0.0644 e. The van der Waals surface area contributed by atoms with Gasteiger partial charge in [0.25, 0.3) is 0 Å². The van der Waals surface area contributed by atoms with Crippen LogP contribution in [0.4, 0.5) is 0 Å². The van der Waals surface area contributed by atoms with Crippen LogP contribution in [-0.2, 0) is 12.8 Å². The van der Waals surface area contributed by atoms with Crippen molar-refractivity contribution in [2.24, 2.45) is 5.84 Å². The second-order valence-corrected chi connectivity index (χ2v) is 6.16. The van der Waals surface area contributed by atoms with Gasteiger partial charge in [-0.05, 0) is 38.5 Å². The van der Waals surface area contributed by atoms with Gasteiger partial charge in [0.05, 0.1) is 11.7 Å². The minimum atomic E-state index is 0.140. The number of nitrogens with one attached hydrogen (secondary N) is 1. The van der Waals surface area contributed by atoms with E-state index in [1.807, 2.05) is 22.2 Å². The lowest BCUT2D eigenvalue weighted by molar-refractivity contribution is 0.509. The van der Waals surface area contributed by atoms with Crippen LogP contribution in [0.1, 0.15) is 48.3 Å². The first-order valence-electron chi connectivity index (χ1n) is 6.72. The summed E-state index contributed by atoms with van der Waals surface area (Å²) in [6.07, 6.45) is 3.92. The predicted molar refractivity (Wildman–Crippen MR) is 80.1 cm³/mol. The van der Waals surface area contributed by atoms with Gasteiger partial charge in [-0.3, -0.25) is 16.0 Å². The molecule has 104 valence electrons. The predicted octanol–water partition coefficient (Wildman–Crippen LogP) is 2.83. The summed E-state index contributed by atoms with van der Waals surface area (Å²) < 4.78 is 1.98. The van der Waals surface area contributed by atoms with Crippen LogP contribution in [0, 0.1) is 0 Å². The lowest BCUT2D eigenvalue weighted by Crippen LogP contribution is -2.29. The van der Waals surface area contributed by atoms with E-state index in [2.05, 4.69) is 49.5 Å². The van der Waals surface area contributed by atoms with Gasteiger partial charge in [0, 0.05) is 28.4 Å². The highest BCUT2D eigenvalue weighted by Gasteiger charge is 2.14. The quantitative estimate of drug-likeness (QED) is 0.631. The van der Waals surface area contributed by atoms with Crippen LogP contribution in [0.5, 0.6) is 0 Å². The maximum atomic E-state index is 5.69. The Labute approximate surface area is 118 Å². The van der Waals surface area contributed by atoms with Crippen molar-refractivity contribution >= 4 is 11.3 Å². The van der Waals surface area contributed by atoms with E-state index in [9.17, 15) is 0 Å². The van der Waals surface area contributed by atoms with Crippen molar-refractivity contribution in [3.05, 3.63) is 39.8 Å². The molecule has 0 spiro atoms. The fourth-order valence-corrected chi connectivity index (χ4v) is 3.01. The fourth-order valence-electron chi connectivity index (χ4n) is 2.00. The zero-order chi connectivity index (χ0) is 13.8. The lowest BCUT2D eigenvalue weighted by Gasteiger charge is -2.12. The van der Waals surface area contributed by atoms with Crippen molar-refractivity contribution in [1.29, 1.82) is 0 Å². The molecule has 0 saturated carbocycles. The van der Waals surface area contributed by atoms with Crippen molar-refractivity contribution in [3.8, 4) is 0 Å². The summed E-state index contributed by atoms with van der Waals surface area (Å²) in [4.78, 5) is 2.67. The van der Waals surface area contributed by atoms with Crippen LogP contribution in [0.2, 0.25) is 0 Å². The zero-order valence-corrected chi connectivity index (χ0v) is 12.6. The molecule has 5 heteroatoms. The molecule has 2 heterocycles. The third kappa shape index (κ3) is 3.43. The molecular formula is C14H22N4S. The minimum absolute atomic E-state index is 0.140. The van der Waals surface area contributed by atoms with E-state index in [4.69, 9.17) is 5.84 Å². The van der Waals surface area contributed by atoms with Crippen LogP contribution in [-0.4, -0.2) is 9.78 Å². The van der Waals surface area contributed by atoms with Crippen LogP contribution in [0.3, 0.4) is 0 Å². The zero-order valence-electron chi connectivity index (χ0n) is 11.8. The van der Waals surface area contributed by atoms with E-state index in [1.54, 1.807) is 0 Å². The van der Waals surface area contributed by atoms with Gasteiger partial charge < -0.3 is 0 Å². The fraction of sp³-hybridized carbons (Fsp3) is 0.500. The third-order valence-electron chi connectivity index (χ3n) is 3.18. The summed E-state index contributed by atoms with van der Waals surface area (Å²) >= 11 is 1.82. The van der Waals surface area contributed by atoms with E-state index < -0.39 is 0 Å². The normalized spacial score (nSPS) is 13.1. The van der Waals surface area contributed by atoms with E-state index in [0.29, 0.717) is 6.04 Å². The molecule has 0 aliphatic carbocycles. The molecule has 3 N–H and O–H groups in total. The van der Waals surface area contributed by atoms with Gasteiger partial charge in [0.15, 0.2) is 0 Å². The van der Waals surface area contributed by atoms with Crippen molar-refractivity contribution in [1.82, 2.24) is 15.2 Å². The number of aryl methyl sites for hydroxylation is 1. The maximum Gasteiger partial charge on any atom is 0.0644 e. The Morgan fingerprint density at radius 2 is 2.16 bits per heavy atom. The van der Waals surface area contributed by atoms with E-state index >= 15 is 0 Å². The highest BCUT2D eigenvalue weighted by atomic mass is 32.1. The average Bonchev–Trinajstić information content (AvgIpc) is 3.04. The van der Waals surface area contributed by atoms with Crippen molar-refractivity contribution in [2.45, 2.75) is 45.7 Å². The molecule has 2 aromatic heterocycles. The molecule has 0 bridgehead atoms. The summed E-state index contributed by atoms with van der Waals surface area (Å²) in [5.74, 6) is 5.69. The summed E-state index contributed by atoms with van der Waals surface area (Å²) in [6.45, 7) is 6.43. The highest BCUT2D eigenvalue weighted by molar-refractivity contribution is 7.12. The molecule has 1 unspecified atom stereocenters. The van der Waals surface area contributed by atoms with Gasteiger partial charge in [0.1, 0.15) is 0 Å². The molecule has 2 rings (SSSR count). The first kappa shape index (κ1) is 14.2. The summed E-state index contributed by atoms with van der Waals surface area (Å²) in [7, 11) is 0. The Bertz CT molecular complexity index is 515. The van der Waals surface area contributed by atoms with E-state index in [1.165, 1.54) is 9.75 Å². The molecule has 0 amide bonds. The topological polar surface area (TPSA) is 55.9 Å². The second kappa shape index (κ2) is 6.32. The Morgan fingerprint density at radius 3 is 2.68 bits per heavy atom. The number of hydrazine groups is 1. The summed E-state index contributed by atoms with van der Waals surface area (Å²) in [5.41, 5.74) is 3.98. The van der Waals surface area contributed by atoms with Crippen molar-refractivity contribution in [3.63, 3.8) is 0 Å². The minimum Gasteiger partial charge on any atom is -0.271 e. The molecule has 0 radical (unpaired) electrons. The lowest BCUT2D eigenvalue weighted by atomic mass is 10.1. The summed E-state index contributed by atoms with van der Waals surface area (Å²) in [6, 6.07) is 6.94. The molecule has 0 aliphatic rings. The molecule has 0 aliphatic heterocycles. The molecule has 0 fully saturated rings. The Hall–Kier alpha value is -1.17. The molecule has 0 aromatic carbocycles. The molecule has 0 saturated heterocycles. The van der Waals surface area contributed by atoms with Crippen LogP contribution < -0.4 is 11.3 Å². The SMILES string of the molecule is CCc1ccc(C(Cc2ccn(C(C)C)n2)NN)s1. The number of nitrogens with zero attached hydrogens (tertiary/aromatic N) is 2. The maximum absolute atomic E-state index is 5.69. The number of hydrogen-bond donors (Lipinski definition) is 2. The second-order valence-electron chi connectivity index (χ2n) is 4.96. The third-order valence-corrected chi connectivity index (χ3v) is 4.52. The first-order chi connectivity index (χ1) is 9.13. The number of thiophene rings is 1. The monoisotopic (exact) mass is 278 g/mol.